The summed E-state index contributed by atoms with van der Waals surface area (Å²) in [6.07, 6.45) is -3.93. The van der Waals surface area contributed by atoms with Crippen LogP contribution in [0.2, 0.25) is 0 Å². The summed E-state index contributed by atoms with van der Waals surface area (Å²) in [7, 11) is 0. The standard InChI is InChI=1S/C10H12F3NO2S/c1-9(2,3)16-8(15)6-5(10(11,12)13)4-14-7(6)17/h4,14,17H,1-3H3. The molecule has 0 bridgehead atoms. The zero-order valence-corrected chi connectivity index (χ0v) is 10.4. The van der Waals surface area contributed by atoms with Crippen molar-refractivity contribution in [1.29, 1.82) is 0 Å². The molecule has 0 aliphatic carbocycles. The molecule has 96 valence electrons. The van der Waals surface area contributed by atoms with Gasteiger partial charge in [0.2, 0.25) is 0 Å². The molecule has 0 unspecified atom stereocenters. The van der Waals surface area contributed by atoms with E-state index in [0.717, 1.165) is 0 Å². The number of thiol groups is 1. The summed E-state index contributed by atoms with van der Waals surface area (Å²) in [5, 5.41) is -0.161. The van der Waals surface area contributed by atoms with E-state index in [1.165, 1.54) is 0 Å². The van der Waals surface area contributed by atoms with Gasteiger partial charge in [-0.15, -0.1) is 12.6 Å². The Bertz CT molecular complexity index is 432. The van der Waals surface area contributed by atoms with Gasteiger partial charge in [0, 0.05) is 6.20 Å². The minimum Gasteiger partial charge on any atom is -0.456 e. The third-order valence-electron chi connectivity index (χ3n) is 1.77. The number of alkyl halides is 3. The van der Waals surface area contributed by atoms with Crippen molar-refractivity contribution in [2.45, 2.75) is 37.6 Å². The molecule has 3 nitrogen and oxygen atoms in total. The van der Waals surface area contributed by atoms with Crippen molar-refractivity contribution in [1.82, 2.24) is 4.98 Å². The Kier molecular flexibility index (Phi) is 3.52. The molecule has 1 N–H and O–H groups in total. The molecule has 0 radical (unpaired) electrons. The van der Waals surface area contributed by atoms with Gasteiger partial charge in [0.25, 0.3) is 0 Å². The van der Waals surface area contributed by atoms with Crippen LogP contribution >= 0.6 is 12.6 Å². The summed E-state index contributed by atoms with van der Waals surface area (Å²) < 4.78 is 42.7. The minimum atomic E-state index is -4.62. The van der Waals surface area contributed by atoms with Gasteiger partial charge in [-0.25, -0.2) is 4.79 Å². The van der Waals surface area contributed by atoms with E-state index in [1.807, 2.05) is 0 Å². The van der Waals surface area contributed by atoms with E-state index >= 15 is 0 Å². The Morgan fingerprint density at radius 2 is 1.88 bits per heavy atom. The fourth-order valence-corrected chi connectivity index (χ4v) is 1.45. The van der Waals surface area contributed by atoms with Gasteiger partial charge in [0.15, 0.2) is 0 Å². The van der Waals surface area contributed by atoms with Crippen LogP contribution in [0.1, 0.15) is 36.7 Å². The molecule has 0 spiro atoms. The molecule has 1 aromatic rings. The highest BCUT2D eigenvalue weighted by molar-refractivity contribution is 7.80. The van der Waals surface area contributed by atoms with Crippen molar-refractivity contribution < 1.29 is 22.7 Å². The molecule has 17 heavy (non-hydrogen) atoms. The van der Waals surface area contributed by atoms with Crippen LogP contribution < -0.4 is 0 Å². The smallest absolute Gasteiger partial charge is 0.418 e. The lowest BCUT2D eigenvalue weighted by Crippen LogP contribution is -2.25. The van der Waals surface area contributed by atoms with Crippen LogP contribution in [0.4, 0.5) is 13.2 Å². The number of aromatic amines is 1. The number of H-pyrrole nitrogens is 1. The number of aromatic nitrogens is 1. The van der Waals surface area contributed by atoms with Crippen molar-refractivity contribution in [3.05, 3.63) is 17.3 Å². The van der Waals surface area contributed by atoms with Crippen molar-refractivity contribution >= 4 is 18.6 Å². The molecule has 0 amide bonds. The number of rotatable bonds is 1. The highest BCUT2D eigenvalue weighted by Crippen LogP contribution is 2.35. The second-order valence-electron chi connectivity index (χ2n) is 4.43. The third-order valence-corrected chi connectivity index (χ3v) is 2.12. The Hall–Kier alpha value is -1.11. The second kappa shape index (κ2) is 4.29. The Morgan fingerprint density at radius 3 is 2.29 bits per heavy atom. The molecule has 0 aliphatic rings. The Balaban J connectivity index is 3.14. The molecular formula is C10H12F3NO2S. The van der Waals surface area contributed by atoms with Crippen LogP contribution in [-0.2, 0) is 10.9 Å². The van der Waals surface area contributed by atoms with Crippen LogP contribution in [0.15, 0.2) is 11.2 Å². The molecule has 7 heteroatoms. The lowest BCUT2D eigenvalue weighted by atomic mass is 10.1. The second-order valence-corrected chi connectivity index (χ2v) is 4.87. The summed E-state index contributed by atoms with van der Waals surface area (Å²) in [4.78, 5) is 13.9. The van der Waals surface area contributed by atoms with Crippen LogP contribution in [0.5, 0.6) is 0 Å². The van der Waals surface area contributed by atoms with E-state index in [0.29, 0.717) is 6.20 Å². The van der Waals surface area contributed by atoms with Gasteiger partial charge in [-0.1, -0.05) is 0 Å². The lowest BCUT2D eigenvalue weighted by molar-refractivity contribution is -0.138. The van der Waals surface area contributed by atoms with Crippen molar-refractivity contribution in [2.75, 3.05) is 0 Å². The molecule has 0 saturated heterocycles. The first-order valence-electron chi connectivity index (χ1n) is 4.73. The van der Waals surface area contributed by atoms with Gasteiger partial charge in [-0.05, 0) is 20.8 Å². The number of hydrogen-bond acceptors (Lipinski definition) is 3. The minimum absolute atomic E-state index is 0.161. The molecule has 0 fully saturated rings. The molecular weight excluding hydrogens is 255 g/mol. The average molecular weight is 267 g/mol. The predicted octanol–water partition coefficient (Wildman–Crippen LogP) is 3.28. The van der Waals surface area contributed by atoms with Crippen molar-refractivity contribution in [2.24, 2.45) is 0 Å². The van der Waals surface area contributed by atoms with Gasteiger partial charge in [0.1, 0.15) is 11.2 Å². The zero-order valence-electron chi connectivity index (χ0n) is 9.47. The highest BCUT2D eigenvalue weighted by Gasteiger charge is 2.38. The largest absolute Gasteiger partial charge is 0.456 e. The SMILES string of the molecule is CC(C)(C)OC(=O)c1c(C(F)(F)F)c[nH]c1S. The van der Waals surface area contributed by atoms with Gasteiger partial charge in [0.05, 0.1) is 10.6 Å². The molecule has 0 atom stereocenters. The fourth-order valence-electron chi connectivity index (χ4n) is 1.17. The zero-order chi connectivity index (χ0) is 13.4. The molecule has 0 aromatic carbocycles. The number of nitrogens with one attached hydrogen (secondary N) is 1. The number of ether oxygens (including phenoxy) is 1. The van der Waals surface area contributed by atoms with E-state index in [2.05, 4.69) is 17.6 Å². The monoisotopic (exact) mass is 267 g/mol. The fraction of sp³-hybridized carbons (Fsp3) is 0.500. The molecule has 1 heterocycles. The summed E-state index contributed by atoms with van der Waals surface area (Å²) >= 11 is 3.78. The third kappa shape index (κ3) is 3.42. The summed E-state index contributed by atoms with van der Waals surface area (Å²) in [6, 6.07) is 0. The molecule has 0 aliphatic heterocycles. The van der Waals surface area contributed by atoms with Crippen molar-refractivity contribution in [3.63, 3.8) is 0 Å². The normalized spacial score (nSPS) is 12.6. The van der Waals surface area contributed by atoms with Gasteiger partial charge < -0.3 is 9.72 Å². The Labute approximate surface area is 102 Å². The Morgan fingerprint density at radius 1 is 1.35 bits per heavy atom. The topological polar surface area (TPSA) is 42.1 Å². The predicted molar refractivity (Wildman–Crippen MR) is 58.2 cm³/mol. The maximum absolute atomic E-state index is 12.6. The number of carbonyl (C=O) groups excluding carboxylic acids is 1. The van der Waals surface area contributed by atoms with Crippen LogP contribution in [0.25, 0.3) is 0 Å². The van der Waals surface area contributed by atoms with E-state index in [1.54, 1.807) is 20.8 Å². The van der Waals surface area contributed by atoms with Gasteiger partial charge >= 0.3 is 12.1 Å². The van der Waals surface area contributed by atoms with E-state index in [-0.39, 0.29) is 5.03 Å². The lowest BCUT2D eigenvalue weighted by Gasteiger charge is -2.20. The van der Waals surface area contributed by atoms with E-state index in [4.69, 9.17) is 4.74 Å². The van der Waals surface area contributed by atoms with Crippen LogP contribution in [0.3, 0.4) is 0 Å². The van der Waals surface area contributed by atoms with Crippen molar-refractivity contribution in [3.8, 4) is 0 Å². The maximum Gasteiger partial charge on any atom is 0.418 e. The summed E-state index contributed by atoms with van der Waals surface area (Å²) in [6.45, 7) is 4.72. The first kappa shape index (κ1) is 14.0. The van der Waals surface area contributed by atoms with Gasteiger partial charge in [-0.3, -0.25) is 0 Å². The van der Waals surface area contributed by atoms with Crippen LogP contribution in [0, 0.1) is 0 Å². The number of carbonyl (C=O) groups is 1. The quantitative estimate of drug-likeness (QED) is 0.605. The summed E-state index contributed by atoms with van der Waals surface area (Å²) in [5.41, 5.74) is -2.52. The van der Waals surface area contributed by atoms with E-state index in [9.17, 15) is 18.0 Å². The molecule has 1 aromatic heterocycles. The maximum atomic E-state index is 12.6. The number of hydrogen-bond donors (Lipinski definition) is 2. The average Bonchev–Trinajstić information content (AvgIpc) is 2.42. The molecule has 0 saturated carbocycles. The van der Waals surface area contributed by atoms with Crippen LogP contribution in [-0.4, -0.2) is 16.6 Å². The number of halogens is 3. The summed E-state index contributed by atoms with van der Waals surface area (Å²) in [5.74, 6) is -1.05. The molecule has 1 rings (SSSR count). The van der Waals surface area contributed by atoms with E-state index < -0.39 is 28.9 Å². The van der Waals surface area contributed by atoms with Gasteiger partial charge in [-0.2, -0.15) is 13.2 Å². The first-order chi connectivity index (χ1) is 7.52. The number of esters is 1. The first-order valence-corrected chi connectivity index (χ1v) is 5.18. The highest BCUT2D eigenvalue weighted by atomic mass is 32.1.